The fraction of sp³-hybridized carbons (Fsp3) is 0.500. The van der Waals surface area contributed by atoms with Crippen molar-refractivity contribution in [3.8, 4) is 5.82 Å². The lowest BCUT2D eigenvalue weighted by molar-refractivity contribution is 0.0430. The first kappa shape index (κ1) is 24.5. The van der Waals surface area contributed by atoms with Crippen LogP contribution in [0.15, 0.2) is 18.2 Å². The minimum atomic E-state index is -2.82. The van der Waals surface area contributed by atoms with Crippen molar-refractivity contribution in [3.63, 3.8) is 0 Å². The summed E-state index contributed by atoms with van der Waals surface area (Å²) in [5, 5.41) is 3.85. The van der Waals surface area contributed by atoms with E-state index in [2.05, 4.69) is 10.1 Å². The van der Waals surface area contributed by atoms with Gasteiger partial charge in [0.1, 0.15) is 27.7 Å². The molecule has 0 N–H and O–H groups in total. The van der Waals surface area contributed by atoms with Gasteiger partial charge in [-0.3, -0.25) is 0 Å². The molecular weight excluding hydrogens is 434 g/mol. The molecule has 0 saturated heterocycles. The number of anilines is 1. The lowest BCUT2D eigenvalue weighted by atomic mass is 10.2. The predicted octanol–water partition coefficient (Wildman–Crippen LogP) is 5.84. The number of aromatic nitrogens is 3. The van der Waals surface area contributed by atoms with Crippen LogP contribution in [0, 0.1) is 6.92 Å². The Labute approximate surface area is 184 Å². The zero-order chi connectivity index (χ0) is 23.7. The van der Waals surface area contributed by atoms with Gasteiger partial charge in [-0.05, 0) is 66.7 Å². The minimum Gasteiger partial charge on any atom is -0.443 e. The molecule has 0 aliphatic carbocycles. The Hall–Kier alpha value is -2.75. The molecule has 0 saturated carbocycles. The van der Waals surface area contributed by atoms with Gasteiger partial charge in [-0.2, -0.15) is 10.00 Å². The van der Waals surface area contributed by atoms with Crippen LogP contribution < -0.4 is 4.90 Å². The lowest BCUT2D eigenvalue weighted by Gasteiger charge is -2.29. The van der Waals surface area contributed by atoms with Gasteiger partial charge >= 0.3 is 12.2 Å². The monoisotopic (exact) mass is 458 g/mol. The number of pyridine rings is 1. The van der Waals surface area contributed by atoms with E-state index in [9.17, 15) is 18.4 Å². The second-order valence-corrected chi connectivity index (χ2v) is 9.08. The number of alkyl halides is 2. The molecule has 0 aromatic carbocycles. The average Bonchev–Trinajstić information content (AvgIpc) is 2.95. The molecule has 0 unspecified atom stereocenters. The van der Waals surface area contributed by atoms with Gasteiger partial charge in [0.15, 0.2) is 5.82 Å². The Bertz CT molecular complexity index is 953. The van der Waals surface area contributed by atoms with E-state index in [4.69, 9.17) is 21.1 Å². The third-order valence-corrected chi connectivity index (χ3v) is 3.75. The first-order valence-electron chi connectivity index (χ1n) is 9.37. The Morgan fingerprint density at radius 2 is 1.58 bits per heavy atom. The predicted molar refractivity (Wildman–Crippen MR) is 111 cm³/mol. The van der Waals surface area contributed by atoms with Crippen molar-refractivity contribution in [2.45, 2.75) is 66.1 Å². The van der Waals surface area contributed by atoms with E-state index in [-0.39, 0.29) is 16.7 Å². The number of hydrogen-bond acceptors (Lipinski definition) is 6. The second-order valence-electron chi connectivity index (χ2n) is 8.70. The summed E-state index contributed by atoms with van der Waals surface area (Å²) in [5.41, 5.74) is -2.16. The Kier molecular flexibility index (Phi) is 6.94. The zero-order valence-corrected chi connectivity index (χ0v) is 19.1. The summed E-state index contributed by atoms with van der Waals surface area (Å²) >= 11 is 6.01. The highest BCUT2D eigenvalue weighted by Crippen LogP contribution is 2.30. The van der Waals surface area contributed by atoms with Gasteiger partial charge in [0.05, 0.1) is 0 Å². The standard InChI is InChI=1S/C20H25ClF2N4O4/c1-11-10-12(15(22)23)25-27(11)16-13(8-9-14(21)24-16)26(17(28)30-19(2,3)4)18(29)31-20(5,6)7/h8-10,15H,1-7H3. The summed E-state index contributed by atoms with van der Waals surface area (Å²) in [7, 11) is 0. The Balaban J connectivity index is 2.68. The highest BCUT2D eigenvalue weighted by Gasteiger charge is 2.35. The van der Waals surface area contributed by atoms with Crippen LogP contribution in [0.5, 0.6) is 0 Å². The van der Waals surface area contributed by atoms with Crippen molar-refractivity contribution >= 4 is 29.5 Å². The minimum absolute atomic E-state index is 0.000532. The zero-order valence-electron chi connectivity index (χ0n) is 18.4. The molecule has 0 fully saturated rings. The number of ether oxygens (including phenoxy) is 2. The van der Waals surface area contributed by atoms with Gasteiger partial charge in [-0.1, -0.05) is 11.6 Å². The van der Waals surface area contributed by atoms with Crippen LogP contribution in [-0.4, -0.2) is 38.2 Å². The molecule has 0 aliphatic rings. The van der Waals surface area contributed by atoms with Crippen molar-refractivity contribution in [1.29, 1.82) is 0 Å². The summed E-state index contributed by atoms with van der Waals surface area (Å²) in [6.07, 6.45) is -4.90. The number of carbonyl (C=O) groups is 2. The van der Waals surface area contributed by atoms with E-state index in [0.717, 1.165) is 4.68 Å². The van der Waals surface area contributed by atoms with Crippen LogP contribution in [0.3, 0.4) is 0 Å². The number of imide groups is 1. The smallest absolute Gasteiger partial charge is 0.424 e. The SMILES string of the molecule is Cc1cc(C(F)F)nn1-c1nc(Cl)ccc1N(C(=O)OC(C)(C)C)C(=O)OC(C)(C)C. The van der Waals surface area contributed by atoms with E-state index >= 15 is 0 Å². The van der Waals surface area contributed by atoms with Gasteiger partial charge in [0.25, 0.3) is 6.43 Å². The normalized spacial score (nSPS) is 12.1. The van der Waals surface area contributed by atoms with Crippen LogP contribution in [0.2, 0.25) is 5.15 Å². The van der Waals surface area contributed by atoms with Crippen molar-refractivity contribution in [2.75, 3.05) is 4.90 Å². The van der Waals surface area contributed by atoms with Crippen LogP contribution in [0.4, 0.5) is 24.1 Å². The largest absolute Gasteiger partial charge is 0.443 e. The van der Waals surface area contributed by atoms with Crippen LogP contribution in [-0.2, 0) is 9.47 Å². The third-order valence-electron chi connectivity index (χ3n) is 3.54. The number of hydrogen-bond donors (Lipinski definition) is 0. The molecule has 2 amide bonds. The average molecular weight is 459 g/mol. The van der Waals surface area contributed by atoms with E-state index in [1.165, 1.54) is 25.1 Å². The fourth-order valence-corrected chi connectivity index (χ4v) is 2.60. The van der Waals surface area contributed by atoms with Crippen molar-refractivity contribution < 1.29 is 27.8 Å². The van der Waals surface area contributed by atoms with Crippen molar-refractivity contribution in [1.82, 2.24) is 14.8 Å². The molecule has 0 aliphatic heterocycles. The van der Waals surface area contributed by atoms with Gasteiger partial charge in [-0.15, -0.1) is 0 Å². The van der Waals surface area contributed by atoms with Crippen LogP contribution in [0.25, 0.3) is 5.82 Å². The molecule has 31 heavy (non-hydrogen) atoms. The number of nitrogens with zero attached hydrogens (tertiary/aromatic N) is 4. The maximum Gasteiger partial charge on any atom is 0.424 e. The Morgan fingerprint density at radius 1 is 1.06 bits per heavy atom. The van der Waals surface area contributed by atoms with E-state index in [1.54, 1.807) is 41.5 Å². The molecule has 8 nitrogen and oxygen atoms in total. The number of rotatable bonds is 3. The summed E-state index contributed by atoms with van der Waals surface area (Å²) in [6, 6.07) is 3.85. The molecule has 2 heterocycles. The van der Waals surface area contributed by atoms with Gasteiger partial charge < -0.3 is 9.47 Å². The third kappa shape index (κ3) is 6.36. The summed E-state index contributed by atoms with van der Waals surface area (Å²) in [5.74, 6) is -0.117. The number of halogens is 3. The summed E-state index contributed by atoms with van der Waals surface area (Å²) in [4.78, 5) is 30.6. The van der Waals surface area contributed by atoms with Crippen molar-refractivity contribution in [2.24, 2.45) is 0 Å². The lowest BCUT2D eigenvalue weighted by Crippen LogP contribution is -2.44. The van der Waals surface area contributed by atoms with E-state index in [0.29, 0.717) is 10.6 Å². The highest BCUT2D eigenvalue weighted by atomic mass is 35.5. The molecule has 2 aromatic heterocycles. The molecule has 2 aromatic rings. The molecule has 0 atom stereocenters. The molecule has 0 spiro atoms. The van der Waals surface area contributed by atoms with E-state index in [1.807, 2.05) is 0 Å². The first-order chi connectivity index (χ1) is 14.1. The van der Waals surface area contributed by atoms with Crippen LogP contribution >= 0.6 is 11.6 Å². The van der Waals surface area contributed by atoms with Gasteiger partial charge in [0.2, 0.25) is 0 Å². The maximum atomic E-state index is 13.2. The number of carbonyl (C=O) groups excluding carboxylic acids is 2. The maximum absolute atomic E-state index is 13.2. The fourth-order valence-electron chi connectivity index (χ4n) is 2.45. The number of amides is 2. The number of aryl methyl sites for hydroxylation is 1. The second kappa shape index (κ2) is 8.78. The quantitative estimate of drug-likeness (QED) is 0.537. The topological polar surface area (TPSA) is 86.5 Å². The molecule has 11 heteroatoms. The summed E-state index contributed by atoms with van der Waals surface area (Å²) in [6.45, 7) is 11.3. The highest BCUT2D eigenvalue weighted by molar-refractivity contribution is 6.29. The summed E-state index contributed by atoms with van der Waals surface area (Å²) < 4.78 is 38.1. The van der Waals surface area contributed by atoms with Crippen molar-refractivity contribution in [3.05, 3.63) is 34.7 Å². The Morgan fingerprint density at radius 3 is 2.00 bits per heavy atom. The molecular formula is C20H25ClF2N4O4. The first-order valence-corrected chi connectivity index (χ1v) is 9.74. The van der Waals surface area contributed by atoms with Crippen LogP contribution in [0.1, 0.15) is 59.4 Å². The van der Waals surface area contributed by atoms with Gasteiger partial charge in [0, 0.05) is 5.69 Å². The van der Waals surface area contributed by atoms with Gasteiger partial charge in [-0.25, -0.2) is 28.0 Å². The molecule has 0 radical (unpaired) electrons. The molecule has 0 bridgehead atoms. The van der Waals surface area contributed by atoms with E-state index < -0.39 is 35.5 Å². The molecule has 170 valence electrons. The molecule has 2 rings (SSSR count).